The van der Waals surface area contributed by atoms with E-state index in [-0.39, 0.29) is 24.8 Å². The normalized spacial score (nSPS) is 22.8. The third kappa shape index (κ3) is 4.28. The van der Waals surface area contributed by atoms with E-state index in [1.807, 2.05) is 0 Å². The van der Waals surface area contributed by atoms with Crippen molar-refractivity contribution in [1.29, 1.82) is 0 Å². The summed E-state index contributed by atoms with van der Waals surface area (Å²) in [5.74, 6) is 2.32. The van der Waals surface area contributed by atoms with Crippen molar-refractivity contribution < 1.29 is 47.7 Å². The summed E-state index contributed by atoms with van der Waals surface area (Å²) in [6, 6.07) is 33.0. The van der Waals surface area contributed by atoms with Crippen molar-refractivity contribution in [2.75, 3.05) is 0 Å². The average molecular weight is 712 g/mol. The van der Waals surface area contributed by atoms with E-state index < -0.39 is 22.9 Å². The number of benzene rings is 4. The van der Waals surface area contributed by atoms with Crippen LogP contribution in [0.3, 0.4) is 0 Å². The second-order valence-corrected chi connectivity index (χ2v) is 15.9. The Morgan fingerprint density at radius 1 is 0.487 bits per heavy atom. The second kappa shape index (κ2) is 11.0. The van der Waals surface area contributed by atoms with Gasteiger partial charge in [0, 0.05) is 0 Å². The third-order valence-electron chi connectivity index (χ3n) is 9.23. The largest absolute Gasteiger partial charge is 1.00 e. The van der Waals surface area contributed by atoms with Gasteiger partial charge in [-0.2, -0.15) is 0 Å². The van der Waals surface area contributed by atoms with Gasteiger partial charge in [0.05, 0.1) is 0 Å². The van der Waals surface area contributed by atoms with Crippen molar-refractivity contribution in [2.24, 2.45) is 11.8 Å². The van der Waals surface area contributed by atoms with Gasteiger partial charge in [-0.1, -0.05) is 0 Å². The molecule has 0 fully saturated rings. The van der Waals surface area contributed by atoms with Gasteiger partial charge in [0.2, 0.25) is 0 Å². The number of hydrogen-bond donors (Lipinski definition) is 0. The molecule has 192 valence electrons. The Balaban J connectivity index is 0.00000138. The van der Waals surface area contributed by atoms with E-state index in [0.717, 1.165) is 0 Å². The van der Waals surface area contributed by atoms with Gasteiger partial charge in [0.1, 0.15) is 0 Å². The van der Waals surface area contributed by atoms with Crippen LogP contribution in [0.2, 0.25) is 0 Å². The minimum Gasteiger partial charge on any atom is -1.00 e. The van der Waals surface area contributed by atoms with Crippen LogP contribution in [-0.4, -0.2) is 0 Å². The molecule has 8 rings (SSSR count). The molecule has 4 aliphatic rings. The molecule has 4 aromatic rings. The van der Waals surface area contributed by atoms with Crippen LogP contribution >= 0.6 is 0 Å². The molecule has 0 saturated carbocycles. The number of hydrogen-bond acceptors (Lipinski definition) is 0. The van der Waals surface area contributed by atoms with Crippen LogP contribution < -0.4 is 31.5 Å². The molecule has 39 heavy (non-hydrogen) atoms. The molecule has 0 aromatic heterocycles. The van der Waals surface area contributed by atoms with Crippen molar-refractivity contribution >= 4 is 6.64 Å². The van der Waals surface area contributed by atoms with Crippen LogP contribution in [0.15, 0.2) is 109 Å². The van der Waals surface area contributed by atoms with E-state index in [0.29, 0.717) is 23.7 Å². The Hall–Kier alpha value is -2.19. The molecule has 0 bridgehead atoms. The van der Waals surface area contributed by atoms with E-state index in [4.69, 9.17) is 0 Å². The maximum Gasteiger partial charge on any atom is -1.00 e. The predicted molar refractivity (Wildman–Crippen MR) is 150 cm³/mol. The summed E-state index contributed by atoms with van der Waals surface area (Å²) in [6.07, 6.45) is 14.9. The van der Waals surface area contributed by atoms with Crippen molar-refractivity contribution in [2.45, 2.75) is 37.5 Å². The molecule has 0 saturated heterocycles. The Labute approximate surface area is 255 Å². The SMILES string of the molecule is C1=CC(C2c3ccccc3-c3ccc[c]([Hf+2][c]4cccc5c4C(C4C=CCC4)c4ccccc4-5)c32)CC1.[Cl-].[Cl-]. The molecule has 4 aliphatic carbocycles. The van der Waals surface area contributed by atoms with Crippen molar-refractivity contribution in [3.05, 3.63) is 131 Å². The third-order valence-corrected chi connectivity index (χ3v) is 14.3. The summed E-state index contributed by atoms with van der Waals surface area (Å²) in [5.41, 5.74) is 12.5. The zero-order chi connectivity index (χ0) is 24.3. The summed E-state index contributed by atoms with van der Waals surface area (Å²) in [5, 5.41) is 0. The van der Waals surface area contributed by atoms with E-state index in [1.54, 1.807) is 28.9 Å². The molecule has 4 aromatic carbocycles. The Bertz CT molecular complexity index is 1480. The fourth-order valence-electron chi connectivity index (χ4n) is 7.73. The monoisotopic (exact) mass is 712 g/mol. The number of halogens is 2. The quantitative estimate of drug-likeness (QED) is 0.224. The molecule has 0 aliphatic heterocycles. The summed E-state index contributed by atoms with van der Waals surface area (Å²) in [6.45, 7) is 0. The van der Waals surface area contributed by atoms with Gasteiger partial charge in [-0.15, -0.1) is 0 Å². The van der Waals surface area contributed by atoms with Crippen molar-refractivity contribution in [3.8, 4) is 22.3 Å². The topological polar surface area (TPSA) is 0 Å². The number of rotatable bonds is 4. The van der Waals surface area contributed by atoms with Gasteiger partial charge >= 0.3 is 233 Å². The van der Waals surface area contributed by atoms with Crippen LogP contribution in [0.25, 0.3) is 22.3 Å². The predicted octanol–water partition coefficient (Wildman–Crippen LogP) is 1.88. The van der Waals surface area contributed by atoms with Gasteiger partial charge in [-0.05, 0) is 0 Å². The average Bonchev–Trinajstić information content (AvgIpc) is 3.74. The molecule has 4 unspecified atom stereocenters. The van der Waals surface area contributed by atoms with Crippen LogP contribution in [-0.2, 0) is 22.9 Å². The molecule has 0 nitrogen and oxygen atoms in total. The Morgan fingerprint density at radius 3 is 1.36 bits per heavy atom. The fraction of sp³-hybridized carbons (Fsp3) is 0.222. The van der Waals surface area contributed by atoms with E-state index in [2.05, 4.69) is 109 Å². The van der Waals surface area contributed by atoms with Crippen LogP contribution in [0.4, 0.5) is 0 Å². The van der Waals surface area contributed by atoms with Crippen molar-refractivity contribution in [3.63, 3.8) is 0 Å². The van der Waals surface area contributed by atoms with Crippen LogP contribution in [0.1, 0.15) is 59.8 Å². The second-order valence-electron chi connectivity index (χ2n) is 11.1. The van der Waals surface area contributed by atoms with Gasteiger partial charge in [0.15, 0.2) is 0 Å². The fourth-order valence-corrected chi connectivity index (χ4v) is 13.1. The van der Waals surface area contributed by atoms with Gasteiger partial charge in [0.25, 0.3) is 0 Å². The Morgan fingerprint density at radius 2 is 0.923 bits per heavy atom. The van der Waals surface area contributed by atoms with E-state index in [1.165, 1.54) is 47.9 Å². The summed E-state index contributed by atoms with van der Waals surface area (Å²) >= 11 is -1.34. The maximum atomic E-state index is 2.51. The molecule has 4 atom stereocenters. The summed E-state index contributed by atoms with van der Waals surface area (Å²) < 4.78 is 3.42. The molecular formula is C36H30Cl2Hf. The van der Waals surface area contributed by atoms with Gasteiger partial charge in [-0.25, -0.2) is 0 Å². The number of allylic oxidation sites excluding steroid dienone is 4. The smallest absolute Gasteiger partial charge is 1.00 e. The first-order valence-electron chi connectivity index (χ1n) is 13.9. The van der Waals surface area contributed by atoms with Crippen molar-refractivity contribution in [1.82, 2.24) is 0 Å². The van der Waals surface area contributed by atoms with Gasteiger partial charge in [-0.3, -0.25) is 0 Å². The first-order chi connectivity index (χ1) is 18.4. The standard InChI is InChI=1S/2C18H15.2ClH.Hf/c2*1-2-8-13(7-1)18-16-11-5-3-9-14(16)15-10-4-6-12-17(15)18;;;/h2*1,3-7,9-11,13,18H,2,8H2;2*1H;/q;;;;+2/p-2. The van der Waals surface area contributed by atoms with Gasteiger partial charge < -0.3 is 24.8 Å². The first-order valence-corrected chi connectivity index (χ1v) is 17.5. The minimum atomic E-state index is -1.34. The van der Waals surface area contributed by atoms with Crippen LogP contribution in [0.5, 0.6) is 0 Å². The minimum absolute atomic E-state index is 0. The molecule has 0 amide bonds. The van der Waals surface area contributed by atoms with Crippen LogP contribution in [0, 0.1) is 11.8 Å². The molecule has 3 heteroatoms. The summed E-state index contributed by atoms with van der Waals surface area (Å²) in [4.78, 5) is 0. The molecule has 0 spiro atoms. The van der Waals surface area contributed by atoms with E-state index in [9.17, 15) is 0 Å². The first kappa shape index (κ1) is 27.0. The maximum absolute atomic E-state index is 2.51. The zero-order valence-corrected chi connectivity index (χ0v) is 26.9. The molecule has 0 heterocycles. The van der Waals surface area contributed by atoms with E-state index >= 15 is 0 Å². The summed E-state index contributed by atoms with van der Waals surface area (Å²) in [7, 11) is 0. The Kier molecular flexibility index (Phi) is 7.62. The zero-order valence-electron chi connectivity index (χ0n) is 21.8. The molecule has 0 N–H and O–H groups in total. The molecular weight excluding hydrogens is 682 g/mol. The molecule has 0 radical (unpaired) electrons. The number of fused-ring (bicyclic) bond motifs is 6.